The molecule has 2 atom stereocenters. The molecule has 3 nitrogen and oxygen atoms in total. The van der Waals surface area contributed by atoms with E-state index in [0.29, 0.717) is 5.69 Å². The van der Waals surface area contributed by atoms with E-state index in [1.165, 1.54) is 18.2 Å². The maximum Gasteiger partial charge on any atom is 0.263 e. The van der Waals surface area contributed by atoms with Gasteiger partial charge in [0.1, 0.15) is 0 Å². The van der Waals surface area contributed by atoms with Crippen molar-refractivity contribution in [3.05, 3.63) is 29.8 Å². The quantitative estimate of drug-likeness (QED) is 0.852. The minimum absolute atomic E-state index is 0.115. The predicted molar refractivity (Wildman–Crippen MR) is 62.8 cm³/mol. The number of benzene rings is 1. The summed E-state index contributed by atoms with van der Waals surface area (Å²) in [6, 6.07) is 5.34. The van der Waals surface area contributed by atoms with Crippen molar-refractivity contribution in [1.29, 1.82) is 0 Å². The third-order valence-corrected chi connectivity index (χ3v) is 2.61. The summed E-state index contributed by atoms with van der Waals surface area (Å²) in [5.41, 5.74) is 5.83. The predicted octanol–water partition coefficient (Wildman–Crippen LogP) is 2.55. The number of hydrogen-bond donors (Lipinski definition) is 2. The van der Waals surface area contributed by atoms with Crippen LogP contribution in [0.15, 0.2) is 24.3 Å². The topological polar surface area (TPSA) is 55.1 Å². The Morgan fingerprint density at radius 3 is 2.53 bits per heavy atom. The number of anilines is 1. The van der Waals surface area contributed by atoms with Gasteiger partial charge in [0.25, 0.3) is 6.43 Å². The number of nitrogens with two attached hydrogens (primary N) is 1. The molecule has 1 aromatic carbocycles. The molecule has 1 amide bonds. The molecule has 5 heteroatoms. The van der Waals surface area contributed by atoms with Gasteiger partial charge in [0, 0.05) is 17.3 Å². The largest absolute Gasteiger partial charge is 0.327 e. The Labute approximate surface area is 99.0 Å². The third-order valence-electron chi connectivity index (χ3n) is 2.61. The van der Waals surface area contributed by atoms with Crippen molar-refractivity contribution in [1.82, 2.24) is 0 Å². The molecule has 94 valence electrons. The van der Waals surface area contributed by atoms with Crippen molar-refractivity contribution in [2.24, 2.45) is 11.7 Å². The average molecular weight is 242 g/mol. The molecule has 0 aliphatic carbocycles. The summed E-state index contributed by atoms with van der Waals surface area (Å²) < 4.78 is 24.9. The van der Waals surface area contributed by atoms with Crippen molar-refractivity contribution in [3.63, 3.8) is 0 Å². The second-order valence-corrected chi connectivity index (χ2v) is 4.06. The SMILES string of the molecule is CC(N)C(C)C(=O)Nc1cccc(C(F)F)c1. The first-order valence-electron chi connectivity index (χ1n) is 5.36. The number of amides is 1. The smallest absolute Gasteiger partial charge is 0.263 e. The highest BCUT2D eigenvalue weighted by atomic mass is 19.3. The van der Waals surface area contributed by atoms with E-state index in [9.17, 15) is 13.6 Å². The first kappa shape index (κ1) is 13.6. The van der Waals surface area contributed by atoms with Crippen molar-refractivity contribution in [2.45, 2.75) is 26.3 Å². The lowest BCUT2D eigenvalue weighted by Gasteiger charge is -2.15. The molecular formula is C12H16F2N2O. The zero-order valence-corrected chi connectivity index (χ0v) is 9.78. The number of hydrogen-bond acceptors (Lipinski definition) is 2. The fraction of sp³-hybridized carbons (Fsp3) is 0.417. The van der Waals surface area contributed by atoms with Crippen LogP contribution in [0.3, 0.4) is 0 Å². The Morgan fingerprint density at radius 1 is 1.35 bits per heavy atom. The lowest BCUT2D eigenvalue weighted by molar-refractivity contribution is -0.119. The van der Waals surface area contributed by atoms with E-state index < -0.39 is 6.43 Å². The zero-order chi connectivity index (χ0) is 13.0. The van der Waals surface area contributed by atoms with Crippen LogP contribution in [-0.4, -0.2) is 11.9 Å². The highest BCUT2D eigenvalue weighted by Crippen LogP contribution is 2.22. The van der Waals surface area contributed by atoms with Crippen LogP contribution >= 0.6 is 0 Å². The van der Waals surface area contributed by atoms with E-state index in [4.69, 9.17) is 5.73 Å². The van der Waals surface area contributed by atoms with E-state index in [0.717, 1.165) is 0 Å². The summed E-state index contributed by atoms with van der Waals surface area (Å²) >= 11 is 0. The van der Waals surface area contributed by atoms with E-state index in [2.05, 4.69) is 5.32 Å². The van der Waals surface area contributed by atoms with E-state index in [1.54, 1.807) is 19.9 Å². The number of rotatable bonds is 4. The van der Waals surface area contributed by atoms with Crippen LogP contribution in [0.2, 0.25) is 0 Å². The maximum absolute atomic E-state index is 12.4. The molecule has 0 aliphatic rings. The highest BCUT2D eigenvalue weighted by molar-refractivity contribution is 5.92. The van der Waals surface area contributed by atoms with Gasteiger partial charge in [-0.3, -0.25) is 4.79 Å². The summed E-state index contributed by atoms with van der Waals surface area (Å²) in [5.74, 6) is -0.642. The van der Waals surface area contributed by atoms with Gasteiger partial charge in [0.2, 0.25) is 5.91 Å². The Balaban J connectivity index is 2.75. The number of halogens is 2. The van der Waals surface area contributed by atoms with Crippen molar-refractivity contribution < 1.29 is 13.6 Å². The lowest BCUT2D eigenvalue weighted by Crippen LogP contribution is -2.34. The highest BCUT2D eigenvalue weighted by Gasteiger charge is 2.17. The molecule has 3 N–H and O–H groups in total. The van der Waals surface area contributed by atoms with E-state index in [-0.39, 0.29) is 23.4 Å². The zero-order valence-electron chi connectivity index (χ0n) is 9.78. The van der Waals surface area contributed by atoms with Gasteiger partial charge in [0.05, 0.1) is 5.92 Å². The number of carbonyl (C=O) groups excluding carboxylic acids is 1. The lowest BCUT2D eigenvalue weighted by atomic mass is 10.0. The van der Waals surface area contributed by atoms with Crippen LogP contribution in [0.5, 0.6) is 0 Å². The van der Waals surface area contributed by atoms with Crippen LogP contribution in [0.1, 0.15) is 25.8 Å². The van der Waals surface area contributed by atoms with Crippen molar-refractivity contribution in [2.75, 3.05) is 5.32 Å². The Bertz CT molecular complexity index is 394. The standard InChI is InChI=1S/C12H16F2N2O/c1-7(8(2)15)12(17)16-10-5-3-4-9(6-10)11(13)14/h3-8,11H,15H2,1-2H3,(H,16,17). The van der Waals surface area contributed by atoms with Crippen LogP contribution in [-0.2, 0) is 4.79 Å². The maximum atomic E-state index is 12.4. The molecule has 0 aliphatic heterocycles. The first-order chi connectivity index (χ1) is 7.91. The molecule has 0 aromatic heterocycles. The molecule has 0 heterocycles. The van der Waals surface area contributed by atoms with Crippen LogP contribution in [0.25, 0.3) is 0 Å². The third kappa shape index (κ3) is 3.78. The Kier molecular flexibility index (Phi) is 4.57. The van der Waals surface area contributed by atoms with Gasteiger partial charge < -0.3 is 11.1 Å². The van der Waals surface area contributed by atoms with Crippen LogP contribution in [0.4, 0.5) is 14.5 Å². The molecule has 1 aromatic rings. The summed E-state index contributed by atoms with van der Waals surface area (Å²) in [6.45, 7) is 3.41. The van der Waals surface area contributed by atoms with Gasteiger partial charge in [-0.05, 0) is 19.1 Å². The van der Waals surface area contributed by atoms with Crippen LogP contribution in [0, 0.1) is 5.92 Å². The summed E-state index contributed by atoms with van der Waals surface area (Å²) in [6.07, 6.45) is -2.54. The Hall–Kier alpha value is -1.49. The van der Waals surface area contributed by atoms with Crippen LogP contribution < -0.4 is 11.1 Å². The summed E-state index contributed by atoms with van der Waals surface area (Å²) in [4.78, 5) is 11.7. The minimum Gasteiger partial charge on any atom is -0.327 e. The number of nitrogens with one attached hydrogen (secondary N) is 1. The second-order valence-electron chi connectivity index (χ2n) is 4.06. The fourth-order valence-electron chi connectivity index (χ4n) is 1.25. The monoisotopic (exact) mass is 242 g/mol. The summed E-state index contributed by atoms with van der Waals surface area (Å²) in [5, 5.41) is 2.57. The molecule has 0 saturated carbocycles. The molecule has 0 spiro atoms. The van der Waals surface area contributed by atoms with Gasteiger partial charge in [-0.2, -0.15) is 0 Å². The fourth-order valence-corrected chi connectivity index (χ4v) is 1.25. The van der Waals surface area contributed by atoms with Crippen molar-refractivity contribution >= 4 is 11.6 Å². The molecule has 1 rings (SSSR count). The molecule has 17 heavy (non-hydrogen) atoms. The number of carbonyl (C=O) groups is 1. The summed E-state index contributed by atoms with van der Waals surface area (Å²) in [7, 11) is 0. The second kappa shape index (κ2) is 5.72. The molecule has 0 radical (unpaired) electrons. The molecule has 2 unspecified atom stereocenters. The minimum atomic E-state index is -2.54. The van der Waals surface area contributed by atoms with Gasteiger partial charge in [0.15, 0.2) is 0 Å². The molecule has 0 saturated heterocycles. The average Bonchev–Trinajstić information content (AvgIpc) is 2.28. The van der Waals surface area contributed by atoms with Gasteiger partial charge in [-0.25, -0.2) is 8.78 Å². The Morgan fingerprint density at radius 2 is 2.00 bits per heavy atom. The normalized spacial score (nSPS) is 14.5. The molecular weight excluding hydrogens is 226 g/mol. The van der Waals surface area contributed by atoms with Gasteiger partial charge in [-0.15, -0.1) is 0 Å². The van der Waals surface area contributed by atoms with E-state index in [1.807, 2.05) is 0 Å². The molecule has 0 bridgehead atoms. The van der Waals surface area contributed by atoms with E-state index >= 15 is 0 Å². The molecule has 0 fully saturated rings. The number of alkyl halides is 2. The van der Waals surface area contributed by atoms with Gasteiger partial charge >= 0.3 is 0 Å². The first-order valence-corrected chi connectivity index (χ1v) is 5.36. The van der Waals surface area contributed by atoms with Gasteiger partial charge in [-0.1, -0.05) is 19.1 Å². The van der Waals surface area contributed by atoms with Crippen molar-refractivity contribution in [3.8, 4) is 0 Å².